The van der Waals surface area contributed by atoms with Crippen molar-refractivity contribution in [3.05, 3.63) is 218 Å². The molecule has 0 fully saturated rings. The Balaban J connectivity index is 1.14. The maximum Gasteiger partial charge on any atom is 0.0541 e. The fraction of sp³-hybridized carbons (Fsp3) is 0. The lowest BCUT2D eigenvalue weighted by atomic mass is 9.97. The van der Waals surface area contributed by atoms with E-state index in [-0.39, 0.29) is 0 Å². The summed E-state index contributed by atoms with van der Waals surface area (Å²) in [5, 5.41) is 5.01. The third-order valence-electron chi connectivity index (χ3n) is 10.6. The predicted molar refractivity (Wildman–Crippen MR) is 229 cm³/mol. The van der Waals surface area contributed by atoms with Crippen molar-refractivity contribution in [2.75, 3.05) is 4.90 Å². The van der Waals surface area contributed by atoms with Gasteiger partial charge in [-0.2, -0.15) is 0 Å². The fourth-order valence-corrected chi connectivity index (χ4v) is 8.04. The molecule has 54 heavy (non-hydrogen) atoms. The largest absolute Gasteiger partial charge is 0.309 e. The summed E-state index contributed by atoms with van der Waals surface area (Å²) in [5.41, 5.74) is 13.9. The van der Waals surface area contributed by atoms with Gasteiger partial charge >= 0.3 is 0 Å². The molecule has 0 unspecified atom stereocenters. The molecule has 0 saturated carbocycles. The van der Waals surface area contributed by atoms with Crippen molar-refractivity contribution in [2.45, 2.75) is 0 Å². The second-order valence-corrected chi connectivity index (χ2v) is 13.8. The summed E-state index contributed by atoms with van der Waals surface area (Å²) in [4.78, 5) is 2.43. The highest BCUT2D eigenvalue weighted by molar-refractivity contribution is 6.09. The van der Waals surface area contributed by atoms with Gasteiger partial charge in [-0.1, -0.05) is 164 Å². The molecule has 10 aromatic rings. The fourth-order valence-electron chi connectivity index (χ4n) is 8.04. The molecule has 254 valence electrons. The third-order valence-corrected chi connectivity index (χ3v) is 10.6. The van der Waals surface area contributed by atoms with E-state index >= 15 is 0 Å². The van der Waals surface area contributed by atoms with E-state index in [0.717, 1.165) is 33.9 Å². The molecule has 10 rings (SSSR count). The summed E-state index contributed by atoms with van der Waals surface area (Å²) in [6.07, 6.45) is 0. The number of benzene rings is 9. The van der Waals surface area contributed by atoms with E-state index < -0.39 is 0 Å². The summed E-state index contributed by atoms with van der Waals surface area (Å²) in [5.74, 6) is 0. The van der Waals surface area contributed by atoms with Crippen LogP contribution in [0.4, 0.5) is 17.1 Å². The molecule has 2 heteroatoms. The summed E-state index contributed by atoms with van der Waals surface area (Å²) >= 11 is 0. The minimum Gasteiger partial charge on any atom is -0.309 e. The Morgan fingerprint density at radius 2 is 0.852 bits per heavy atom. The molecule has 1 aromatic heterocycles. The van der Waals surface area contributed by atoms with Crippen LogP contribution in [0.15, 0.2) is 218 Å². The molecule has 9 aromatic carbocycles. The van der Waals surface area contributed by atoms with Gasteiger partial charge in [-0.15, -0.1) is 0 Å². The standard InChI is InChI=1S/C52H36N2/c1-2-16-39(17-3-1)45-21-6-10-25-49(45)53(43-33-31-38(32-34-43)41-30-29-37-15-4-5-18-40(37)35-41)50-26-11-7-22-46(50)42-19-14-20-44(36-42)54-51-27-12-8-23-47(51)48-24-9-13-28-52(48)54/h1-36H. The first-order valence-corrected chi connectivity index (χ1v) is 18.5. The molecular formula is C52H36N2. The Kier molecular flexibility index (Phi) is 7.85. The Labute approximate surface area is 315 Å². The van der Waals surface area contributed by atoms with Crippen LogP contribution in [-0.4, -0.2) is 4.57 Å². The van der Waals surface area contributed by atoms with Gasteiger partial charge in [0, 0.05) is 33.3 Å². The van der Waals surface area contributed by atoms with Crippen LogP contribution < -0.4 is 4.90 Å². The van der Waals surface area contributed by atoms with Gasteiger partial charge in [0.25, 0.3) is 0 Å². The molecule has 0 aliphatic heterocycles. The Hall–Kier alpha value is -7.16. The minimum absolute atomic E-state index is 1.09. The van der Waals surface area contributed by atoms with Crippen molar-refractivity contribution in [1.82, 2.24) is 4.57 Å². The quantitative estimate of drug-likeness (QED) is 0.162. The Morgan fingerprint density at radius 1 is 0.315 bits per heavy atom. The minimum atomic E-state index is 1.09. The van der Waals surface area contributed by atoms with E-state index in [2.05, 4.69) is 228 Å². The second-order valence-electron chi connectivity index (χ2n) is 13.8. The molecule has 0 radical (unpaired) electrons. The molecule has 0 bridgehead atoms. The zero-order chi connectivity index (χ0) is 35.8. The topological polar surface area (TPSA) is 8.17 Å². The summed E-state index contributed by atoms with van der Waals surface area (Å²) in [7, 11) is 0. The second kappa shape index (κ2) is 13.4. The maximum absolute atomic E-state index is 2.43. The molecule has 0 aliphatic rings. The number of hydrogen-bond donors (Lipinski definition) is 0. The number of nitrogens with zero attached hydrogens (tertiary/aromatic N) is 2. The van der Waals surface area contributed by atoms with Crippen molar-refractivity contribution in [1.29, 1.82) is 0 Å². The maximum atomic E-state index is 2.43. The van der Waals surface area contributed by atoms with Crippen molar-refractivity contribution in [2.24, 2.45) is 0 Å². The number of fused-ring (bicyclic) bond motifs is 4. The Morgan fingerprint density at radius 3 is 1.56 bits per heavy atom. The molecule has 2 nitrogen and oxygen atoms in total. The highest BCUT2D eigenvalue weighted by atomic mass is 15.1. The van der Waals surface area contributed by atoms with Gasteiger partial charge in [0.05, 0.1) is 22.4 Å². The van der Waals surface area contributed by atoms with Crippen LogP contribution in [0.25, 0.3) is 71.6 Å². The molecular weight excluding hydrogens is 653 g/mol. The van der Waals surface area contributed by atoms with E-state index in [0.29, 0.717) is 0 Å². The lowest BCUT2D eigenvalue weighted by Gasteiger charge is -2.30. The first kappa shape index (κ1) is 31.6. The highest BCUT2D eigenvalue weighted by Gasteiger charge is 2.21. The van der Waals surface area contributed by atoms with Crippen LogP contribution in [0.2, 0.25) is 0 Å². The predicted octanol–water partition coefficient (Wildman–Crippen LogP) is 14.4. The summed E-state index contributed by atoms with van der Waals surface area (Å²) in [6.45, 7) is 0. The van der Waals surface area contributed by atoms with Crippen LogP contribution in [-0.2, 0) is 0 Å². The van der Waals surface area contributed by atoms with Crippen LogP contribution in [0, 0.1) is 0 Å². The van der Waals surface area contributed by atoms with Gasteiger partial charge in [0.1, 0.15) is 0 Å². The number of hydrogen-bond acceptors (Lipinski definition) is 1. The zero-order valence-electron chi connectivity index (χ0n) is 29.7. The van der Waals surface area contributed by atoms with E-state index in [9.17, 15) is 0 Å². The SMILES string of the molecule is c1ccc(-c2ccccc2N(c2ccc(-c3ccc4ccccc4c3)cc2)c2ccccc2-c2cccc(-n3c4ccccc4c4ccccc43)c2)cc1. The lowest BCUT2D eigenvalue weighted by molar-refractivity contribution is 1.18. The van der Waals surface area contributed by atoms with Crippen molar-refractivity contribution >= 4 is 49.6 Å². The van der Waals surface area contributed by atoms with Crippen LogP contribution in [0.3, 0.4) is 0 Å². The number of para-hydroxylation sites is 4. The molecule has 0 atom stereocenters. The number of rotatable bonds is 7. The smallest absolute Gasteiger partial charge is 0.0541 e. The summed E-state index contributed by atoms with van der Waals surface area (Å²) < 4.78 is 2.39. The van der Waals surface area contributed by atoms with Crippen molar-refractivity contribution < 1.29 is 0 Å². The number of aromatic nitrogens is 1. The molecule has 0 aliphatic carbocycles. The van der Waals surface area contributed by atoms with E-state index in [1.807, 2.05) is 0 Å². The first-order valence-electron chi connectivity index (χ1n) is 18.5. The molecule has 0 amide bonds. The average molecular weight is 689 g/mol. The Bertz CT molecular complexity index is 2880. The number of anilines is 3. The van der Waals surface area contributed by atoms with E-state index in [1.165, 1.54) is 54.8 Å². The lowest BCUT2D eigenvalue weighted by Crippen LogP contribution is -2.12. The van der Waals surface area contributed by atoms with E-state index in [4.69, 9.17) is 0 Å². The molecule has 1 heterocycles. The van der Waals surface area contributed by atoms with Crippen LogP contribution in [0.5, 0.6) is 0 Å². The van der Waals surface area contributed by atoms with Gasteiger partial charge in [0.15, 0.2) is 0 Å². The van der Waals surface area contributed by atoms with E-state index in [1.54, 1.807) is 0 Å². The average Bonchev–Trinajstić information content (AvgIpc) is 3.59. The van der Waals surface area contributed by atoms with Gasteiger partial charge in [0.2, 0.25) is 0 Å². The van der Waals surface area contributed by atoms with Gasteiger partial charge < -0.3 is 9.47 Å². The molecule has 0 spiro atoms. The van der Waals surface area contributed by atoms with Crippen LogP contribution >= 0.6 is 0 Å². The zero-order valence-corrected chi connectivity index (χ0v) is 29.7. The molecule has 0 saturated heterocycles. The normalized spacial score (nSPS) is 11.3. The molecule has 0 N–H and O–H groups in total. The van der Waals surface area contributed by atoms with Gasteiger partial charge in [-0.3, -0.25) is 0 Å². The third kappa shape index (κ3) is 5.53. The van der Waals surface area contributed by atoms with Gasteiger partial charge in [-0.05, 0) is 87.6 Å². The van der Waals surface area contributed by atoms with Crippen molar-refractivity contribution in [3.8, 4) is 39.1 Å². The first-order chi connectivity index (χ1) is 26.8. The monoisotopic (exact) mass is 688 g/mol. The highest BCUT2D eigenvalue weighted by Crippen LogP contribution is 2.45. The van der Waals surface area contributed by atoms with Crippen LogP contribution in [0.1, 0.15) is 0 Å². The van der Waals surface area contributed by atoms with Crippen molar-refractivity contribution in [3.63, 3.8) is 0 Å². The van der Waals surface area contributed by atoms with Gasteiger partial charge in [-0.25, -0.2) is 0 Å². The summed E-state index contributed by atoms with van der Waals surface area (Å²) in [6, 6.07) is 78.9.